The number of hydrogen-bond acceptors (Lipinski definition) is 14. The molecule has 0 bridgehead atoms. The Bertz CT molecular complexity index is 4150. The maximum absolute atomic E-state index is 12.3. The predicted octanol–water partition coefficient (Wildman–Crippen LogP) is 9.06. The Hall–Kier alpha value is -9.30. The Morgan fingerprint density at radius 1 is 0.619 bits per heavy atom. The Morgan fingerprint density at radius 2 is 1.11 bits per heavy atom. The lowest BCUT2D eigenvalue weighted by atomic mass is 9.85. The number of aryl methyl sites for hydroxylation is 2. The van der Waals surface area contributed by atoms with Gasteiger partial charge in [-0.15, -0.1) is 0 Å². The third-order valence-corrected chi connectivity index (χ3v) is 14.6. The number of aromatic amines is 2. The summed E-state index contributed by atoms with van der Waals surface area (Å²) in [5.41, 5.74) is 14.7. The summed E-state index contributed by atoms with van der Waals surface area (Å²) >= 11 is 6.73. The molecule has 10 heterocycles. The Labute approximate surface area is 499 Å². The average molecular weight is 1260 g/mol. The highest BCUT2D eigenvalue weighted by Gasteiger charge is 2.52. The van der Waals surface area contributed by atoms with Crippen LogP contribution in [0.5, 0.6) is 0 Å². The Kier molecular flexibility index (Phi) is 18.9. The maximum atomic E-state index is 12.3. The molecule has 0 unspecified atom stereocenters. The summed E-state index contributed by atoms with van der Waals surface area (Å²) in [5, 5.41) is 11.5. The zero-order chi connectivity index (χ0) is 59.4. The number of nitrogen functional groups attached to an aromatic ring is 1. The van der Waals surface area contributed by atoms with E-state index in [1.54, 1.807) is 74.3 Å². The SMILES string of the molecule is Cn1nccc1-c1cnc2[nH]c(=O)n(Cc3ccccc3)c2c1.Cn1nccc1B1OC(C)(C)C(C)(C)O1.Nc1ncc(Br)cc1NCc1ccccc1.O=C(n1ccnc1)n1ccnc1.O=c1[nH]c2ncc(Br)cc2n1Cc1ccccc1. The number of aromatic nitrogens is 15. The number of benzene rings is 3. The predicted molar refractivity (Wildman–Crippen MR) is 331 cm³/mol. The molecule has 1 saturated heterocycles. The fourth-order valence-corrected chi connectivity index (χ4v) is 9.18. The van der Waals surface area contributed by atoms with Gasteiger partial charge in [0.1, 0.15) is 18.5 Å². The summed E-state index contributed by atoms with van der Waals surface area (Å²) in [6, 6.07) is 39.4. The third kappa shape index (κ3) is 14.7. The molecular weight excluding hydrogens is 1200 g/mol. The number of carbonyl (C=O) groups is 1. The molecule has 0 saturated carbocycles. The maximum Gasteiger partial charge on any atom is 0.514 e. The number of imidazole rings is 4. The van der Waals surface area contributed by atoms with Gasteiger partial charge in [-0.25, -0.2) is 39.3 Å². The van der Waals surface area contributed by atoms with Crippen molar-refractivity contribution in [2.45, 2.75) is 58.5 Å². The van der Waals surface area contributed by atoms with Crippen molar-refractivity contribution < 1.29 is 14.1 Å². The van der Waals surface area contributed by atoms with Crippen molar-refractivity contribution in [2.24, 2.45) is 14.1 Å². The first kappa shape index (κ1) is 59.3. The van der Waals surface area contributed by atoms with E-state index in [1.807, 2.05) is 151 Å². The number of halogens is 2. The monoisotopic (exact) mass is 1260 g/mol. The minimum Gasteiger partial charge on any atom is -0.398 e. The molecule has 25 heteroatoms. The fourth-order valence-electron chi connectivity index (χ4n) is 8.53. The Morgan fingerprint density at radius 3 is 1.61 bits per heavy atom. The van der Waals surface area contributed by atoms with Gasteiger partial charge in [-0.05, 0) is 107 Å². The summed E-state index contributed by atoms with van der Waals surface area (Å²) in [7, 11) is 3.45. The van der Waals surface area contributed by atoms with E-state index in [0.29, 0.717) is 30.2 Å². The first-order chi connectivity index (χ1) is 40.4. The van der Waals surface area contributed by atoms with Crippen LogP contribution in [0, 0.1) is 0 Å². The van der Waals surface area contributed by atoms with Crippen LogP contribution in [0.25, 0.3) is 33.6 Å². The van der Waals surface area contributed by atoms with E-state index >= 15 is 0 Å². The van der Waals surface area contributed by atoms with Gasteiger partial charge in [0.2, 0.25) is 0 Å². The number of pyridine rings is 3. The number of nitrogens with two attached hydrogens (primary N) is 1. The second-order valence-electron chi connectivity index (χ2n) is 20.1. The summed E-state index contributed by atoms with van der Waals surface area (Å²) in [4.78, 5) is 61.3. The van der Waals surface area contributed by atoms with Gasteiger partial charge in [0.15, 0.2) is 11.3 Å². The number of hydrogen-bond donors (Lipinski definition) is 4. The third-order valence-electron chi connectivity index (χ3n) is 13.7. The molecular formula is C59H60BBr2N17O5. The van der Waals surface area contributed by atoms with Crippen LogP contribution >= 0.6 is 31.9 Å². The summed E-state index contributed by atoms with van der Waals surface area (Å²) < 4.78 is 23.3. The molecule has 0 radical (unpaired) electrons. The minimum absolute atomic E-state index is 0.139. The van der Waals surface area contributed by atoms with Crippen LogP contribution in [-0.4, -0.2) is 97.1 Å². The molecule has 1 aliphatic heterocycles. The first-order valence-electron chi connectivity index (χ1n) is 26.3. The van der Waals surface area contributed by atoms with Gasteiger partial charge in [0.05, 0.1) is 52.3 Å². The van der Waals surface area contributed by atoms with E-state index in [9.17, 15) is 14.4 Å². The van der Waals surface area contributed by atoms with Gasteiger partial charge in [0, 0.05) is 90.9 Å². The lowest BCUT2D eigenvalue weighted by molar-refractivity contribution is 0.00578. The second kappa shape index (κ2) is 26.7. The van der Waals surface area contributed by atoms with Crippen LogP contribution in [0.1, 0.15) is 44.4 Å². The molecule has 0 amide bonds. The topological polar surface area (TPSA) is 259 Å². The van der Waals surface area contributed by atoms with E-state index in [4.69, 9.17) is 15.0 Å². The molecule has 12 aromatic rings. The van der Waals surface area contributed by atoms with Gasteiger partial charge in [-0.1, -0.05) is 91.0 Å². The van der Waals surface area contributed by atoms with E-state index in [1.165, 1.54) is 27.4 Å². The smallest absolute Gasteiger partial charge is 0.398 e. The van der Waals surface area contributed by atoms with Crippen LogP contribution in [0.2, 0.25) is 0 Å². The second-order valence-corrected chi connectivity index (χ2v) is 21.9. The number of H-pyrrole nitrogens is 2. The van der Waals surface area contributed by atoms with Crippen LogP contribution < -0.4 is 28.0 Å². The molecule has 0 spiro atoms. The van der Waals surface area contributed by atoms with E-state index in [0.717, 1.165) is 60.2 Å². The molecule has 428 valence electrons. The molecule has 0 aliphatic carbocycles. The van der Waals surface area contributed by atoms with Crippen molar-refractivity contribution in [1.82, 2.24) is 72.7 Å². The van der Waals surface area contributed by atoms with Gasteiger partial charge in [-0.2, -0.15) is 10.2 Å². The summed E-state index contributed by atoms with van der Waals surface area (Å²) in [6.07, 6.45) is 17.8. The number of nitrogens with zero attached hydrogens (tertiary/aromatic N) is 13. The van der Waals surface area contributed by atoms with Crippen LogP contribution in [0.4, 0.5) is 16.3 Å². The van der Waals surface area contributed by atoms with Gasteiger partial charge >= 0.3 is 24.5 Å². The molecule has 5 N–H and O–H groups in total. The molecule has 22 nitrogen and oxygen atoms in total. The number of rotatable bonds is 9. The number of anilines is 2. The number of carbonyl (C=O) groups excluding carboxylic acids is 1. The van der Waals surface area contributed by atoms with E-state index in [-0.39, 0.29) is 35.7 Å². The van der Waals surface area contributed by atoms with Crippen LogP contribution in [0.15, 0.2) is 208 Å². The lowest BCUT2D eigenvalue weighted by Crippen LogP contribution is -2.41. The van der Waals surface area contributed by atoms with Crippen LogP contribution in [-0.2, 0) is 43.0 Å². The highest BCUT2D eigenvalue weighted by molar-refractivity contribution is 9.10. The standard InChI is InChI=1S/C17H15N5O.C13H10BrN3O.C12H12BrN3.C10H17BN2O2.C7H6N4O/c1-21-14(7-8-19-21)13-9-15-16(18-10-13)20-17(23)22(15)11-12-5-3-2-4-6-12;14-10-6-11-12(15-7-10)16-13(18)17(11)8-9-4-2-1-3-5-9;13-10-6-11(12(14)16-8-10)15-7-9-4-2-1-3-5-9;1-9(2)10(3,4)15-11(14-9)8-6-7-12-13(8)5;12-7(10-3-1-8-5-10)11-4-2-9-6-11/h2-10H,11H2,1H3,(H,18,20,23);1-7H,8H2,(H,15,16,18);1-6,8,15H,7H2,(H2,14,16);6-7H,1-5H3;1-6H. The van der Waals surface area contributed by atoms with Crippen molar-refractivity contribution >= 4 is 84.4 Å². The van der Waals surface area contributed by atoms with E-state index < -0.39 is 0 Å². The number of fused-ring (bicyclic) bond motifs is 2. The van der Waals surface area contributed by atoms with E-state index in [2.05, 4.69) is 94.4 Å². The number of nitrogens with one attached hydrogen (secondary N) is 3. The molecule has 1 aliphatic rings. The van der Waals surface area contributed by atoms with Crippen molar-refractivity contribution in [3.8, 4) is 11.3 Å². The van der Waals surface area contributed by atoms with Gasteiger partial charge in [-0.3, -0.25) is 37.6 Å². The molecule has 9 aromatic heterocycles. The fraction of sp³-hybridized carbons (Fsp3) is 0.186. The molecule has 0 atom stereocenters. The minimum atomic E-state index is -0.317. The van der Waals surface area contributed by atoms with Crippen molar-refractivity contribution in [1.29, 1.82) is 0 Å². The molecule has 13 rings (SSSR count). The van der Waals surface area contributed by atoms with Gasteiger partial charge in [0.25, 0.3) is 0 Å². The van der Waals surface area contributed by atoms with Crippen molar-refractivity contribution in [3.05, 3.63) is 236 Å². The Balaban J connectivity index is 0.000000128. The zero-order valence-electron chi connectivity index (χ0n) is 46.8. The first-order valence-corrected chi connectivity index (χ1v) is 27.9. The quantitative estimate of drug-likeness (QED) is 0.0984. The molecule has 84 heavy (non-hydrogen) atoms. The summed E-state index contributed by atoms with van der Waals surface area (Å²) in [6.45, 7) is 9.97. The highest BCUT2D eigenvalue weighted by atomic mass is 79.9. The molecule has 3 aromatic carbocycles. The average Bonchev–Trinajstić information content (AvgIpc) is 3.24. The van der Waals surface area contributed by atoms with Gasteiger partial charge < -0.3 is 20.4 Å². The largest absolute Gasteiger partial charge is 0.514 e. The van der Waals surface area contributed by atoms with Crippen molar-refractivity contribution in [2.75, 3.05) is 11.1 Å². The van der Waals surface area contributed by atoms with Crippen LogP contribution in [0.3, 0.4) is 0 Å². The lowest BCUT2D eigenvalue weighted by Gasteiger charge is -2.32. The summed E-state index contributed by atoms with van der Waals surface area (Å²) in [5.74, 6) is 0.513. The zero-order valence-corrected chi connectivity index (χ0v) is 50.0. The highest BCUT2D eigenvalue weighted by Crippen LogP contribution is 2.36. The molecule has 1 fully saturated rings. The normalized spacial score (nSPS) is 12.9. The van der Waals surface area contributed by atoms with Crippen molar-refractivity contribution in [3.63, 3.8) is 0 Å².